The number of nitrogens with two attached hydrogens (primary N) is 1. The number of hydrogen-bond donors (Lipinski definition) is 1. The van der Waals surface area contributed by atoms with Gasteiger partial charge < -0.3 is 15.0 Å². The van der Waals surface area contributed by atoms with E-state index in [1.807, 2.05) is 13.0 Å². The van der Waals surface area contributed by atoms with Gasteiger partial charge in [-0.3, -0.25) is 0 Å². The highest BCUT2D eigenvalue weighted by Gasteiger charge is 2.08. The van der Waals surface area contributed by atoms with Crippen LogP contribution in [-0.4, -0.2) is 10.1 Å². The number of aromatic nitrogens is 2. The Balaban J connectivity index is 2.05. The Morgan fingerprint density at radius 2 is 2.28 bits per heavy atom. The van der Waals surface area contributed by atoms with E-state index in [1.54, 1.807) is 19.1 Å². The molecule has 1 heterocycles. The van der Waals surface area contributed by atoms with Crippen molar-refractivity contribution in [2.75, 3.05) is 0 Å². The van der Waals surface area contributed by atoms with E-state index in [2.05, 4.69) is 10.1 Å². The number of hydrogen-bond acceptors (Lipinski definition) is 5. The summed E-state index contributed by atoms with van der Waals surface area (Å²) < 4.78 is 10.4. The van der Waals surface area contributed by atoms with Gasteiger partial charge in [0.15, 0.2) is 6.61 Å². The highest BCUT2D eigenvalue weighted by atomic mass is 35.5. The van der Waals surface area contributed by atoms with Crippen molar-refractivity contribution in [2.45, 2.75) is 26.5 Å². The quantitative estimate of drug-likeness (QED) is 0.922. The largest absolute Gasteiger partial charge is 0.484 e. The van der Waals surface area contributed by atoms with Gasteiger partial charge in [-0.25, -0.2) is 0 Å². The first-order valence-electron chi connectivity index (χ1n) is 5.53. The van der Waals surface area contributed by atoms with Crippen molar-refractivity contribution in [1.29, 1.82) is 0 Å². The molecule has 2 aromatic rings. The minimum Gasteiger partial charge on any atom is -0.484 e. The van der Waals surface area contributed by atoms with E-state index in [0.717, 1.165) is 5.56 Å². The molecule has 0 aliphatic rings. The smallest absolute Gasteiger partial charge is 0.223 e. The Morgan fingerprint density at radius 3 is 2.83 bits per heavy atom. The first kappa shape index (κ1) is 12.9. The first-order chi connectivity index (χ1) is 8.56. The first-order valence-corrected chi connectivity index (χ1v) is 5.91. The average molecular weight is 268 g/mol. The molecule has 2 N–H and O–H groups in total. The Labute approximate surface area is 110 Å². The fourth-order valence-corrected chi connectivity index (χ4v) is 1.70. The SMILES string of the molecule is Cc1nc(COc2ccc([C@H](C)N)cc2Cl)no1. The molecule has 0 radical (unpaired) electrons. The summed E-state index contributed by atoms with van der Waals surface area (Å²) in [6.07, 6.45) is 0. The summed E-state index contributed by atoms with van der Waals surface area (Å²) in [5.74, 6) is 1.57. The zero-order valence-electron chi connectivity index (χ0n) is 10.2. The van der Waals surface area contributed by atoms with Crippen LogP contribution in [0.1, 0.15) is 30.2 Å². The van der Waals surface area contributed by atoms with Gasteiger partial charge in [0.05, 0.1) is 5.02 Å². The maximum absolute atomic E-state index is 6.10. The highest BCUT2D eigenvalue weighted by molar-refractivity contribution is 6.32. The third-order valence-corrected chi connectivity index (χ3v) is 2.70. The van der Waals surface area contributed by atoms with Crippen molar-refractivity contribution in [3.8, 4) is 5.75 Å². The molecule has 0 aliphatic carbocycles. The van der Waals surface area contributed by atoms with Gasteiger partial charge in [0, 0.05) is 13.0 Å². The van der Waals surface area contributed by atoms with Crippen LogP contribution in [0.3, 0.4) is 0 Å². The zero-order valence-corrected chi connectivity index (χ0v) is 10.9. The second-order valence-electron chi connectivity index (χ2n) is 4.00. The van der Waals surface area contributed by atoms with Gasteiger partial charge in [0.1, 0.15) is 5.75 Å². The van der Waals surface area contributed by atoms with Crippen LogP contribution in [0.15, 0.2) is 22.7 Å². The molecule has 0 amide bonds. The molecular formula is C12H14ClN3O2. The second kappa shape index (κ2) is 5.37. The van der Waals surface area contributed by atoms with Crippen molar-refractivity contribution in [3.63, 3.8) is 0 Å². The number of rotatable bonds is 4. The van der Waals surface area contributed by atoms with Gasteiger partial charge in [0.25, 0.3) is 0 Å². The Kier molecular flexibility index (Phi) is 3.84. The molecule has 0 fully saturated rings. The number of benzene rings is 1. The minimum absolute atomic E-state index is 0.0589. The van der Waals surface area contributed by atoms with E-state index in [-0.39, 0.29) is 12.6 Å². The van der Waals surface area contributed by atoms with Crippen LogP contribution in [0.2, 0.25) is 5.02 Å². The molecular weight excluding hydrogens is 254 g/mol. The lowest BCUT2D eigenvalue weighted by molar-refractivity contribution is 0.286. The summed E-state index contributed by atoms with van der Waals surface area (Å²) in [5.41, 5.74) is 6.73. The molecule has 0 saturated heterocycles. The van der Waals surface area contributed by atoms with E-state index in [1.165, 1.54) is 0 Å². The van der Waals surface area contributed by atoms with Crippen LogP contribution < -0.4 is 10.5 Å². The van der Waals surface area contributed by atoms with Crippen molar-refractivity contribution in [1.82, 2.24) is 10.1 Å². The molecule has 1 aromatic heterocycles. The Morgan fingerprint density at radius 1 is 1.50 bits per heavy atom. The molecule has 2 rings (SSSR count). The van der Waals surface area contributed by atoms with E-state index in [9.17, 15) is 0 Å². The van der Waals surface area contributed by atoms with E-state index >= 15 is 0 Å². The van der Waals surface area contributed by atoms with E-state index in [0.29, 0.717) is 22.5 Å². The molecule has 0 aliphatic heterocycles. The third-order valence-electron chi connectivity index (χ3n) is 2.41. The molecule has 0 unspecified atom stereocenters. The van der Waals surface area contributed by atoms with Gasteiger partial charge in [-0.05, 0) is 24.6 Å². The van der Waals surface area contributed by atoms with Crippen LogP contribution >= 0.6 is 11.6 Å². The van der Waals surface area contributed by atoms with Crippen LogP contribution in [0, 0.1) is 6.92 Å². The predicted molar refractivity (Wildman–Crippen MR) is 67.4 cm³/mol. The summed E-state index contributed by atoms with van der Waals surface area (Å²) in [4.78, 5) is 4.04. The average Bonchev–Trinajstić information content (AvgIpc) is 2.73. The zero-order chi connectivity index (χ0) is 13.1. The maximum atomic E-state index is 6.10. The summed E-state index contributed by atoms with van der Waals surface area (Å²) in [6.45, 7) is 3.84. The summed E-state index contributed by atoms with van der Waals surface area (Å²) in [6, 6.07) is 5.40. The molecule has 5 nitrogen and oxygen atoms in total. The maximum Gasteiger partial charge on any atom is 0.223 e. The third kappa shape index (κ3) is 3.00. The van der Waals surface area contributed by atoms with Gasteiger partial charge in [0.2, 0.25) is 11.7 Å². The van der Waals surface area contributed by atoms with Crippen LogP contribution in [0.25, 0.3) is 0 Å². The van der Waals surface area contributed by atoms with Crippen LogP contribution in [-0.2, 0) is 6.61 Å². The van der Waals surface area contributed by atoms with Crippen molar-refractivity contribution in [2.24, 2.45) is 5.73 Å². The van der Waals surface area contributed by atoms with Crippen molar-refractivity contribution >= 4 is 11.6 Å². The number of halogens is 1. The van der Waals surface area contributed by atoms with Crippen LogP contribution in [0.5, 0.6) is 5.75 Å². The van der Waals surface area contributed by atoms with Gasteiger partial charge in [-0.2, -0.15) is 4.98 Å². The number of aryl methyl sites for hydroxylation is 1. The summed E-state index contributed by atoms with van der Waals surface area (Å²) >= 11 is 6.10. The van der Waals surface area contributed by atoms with Gasteiger partial charge >= 0.3 is 0 Å². The fraction of sp³-hybridized carbons (Fsp3) is 0.333. The number of nitrogens with zero attached hydrogens (tertiary/aromatic N) is 2. The predicted octanol–water partition coefficient (Wildman–Crippen LogP) is 2.63. The molecule has 0 saturated carbocycles. The van der Waals surface area contributed by atoms with E-state index in [4.69, 9.17) is 26.6 Å². The van der Waals surface area contributed by atoms with Gasteiger partial charge in [-0.15, -0.1) is 0 Å². The molecule has 0 spiro atoms. The molecule has 0 bridgehead atoms. The van der Waals surface area contributed by atoms with Gasteiger partial charge in [-0.1, -0.05) is 22.8 Å². The van der Waals surface area contributed by atoms with E-state index < -0.39 is 0 Å². The summed E-state index contributed by atoms with van der Waals surface area (Å²) in [7, 11) is 0. The lowest BCUT2D eigenvalue weighted by Gasteiger charge is -2.09. The van der Waals surface area contributed by atoms with Crippen molar-refractivity contribution < 1.29 is 9.26 Å². The highest BCUT2D eigenvalue weighted by Crippen LogP contribution is 2.27. The molecule has 18 heavy (non-hydrogen) atoms. The standard InChI is InChI=1S/C12H14ClN3O2/c1-7(14)9-3-4-11(10(13)5-9)17-6-12-15-8(2)18-16-12/h3-5,7H,6,14H2,1-2H3/t7-/m0/s1. The van der Waals surface area contributed by atoms with Crippen LogP contribution in [0.4, 0.5) is 0 Å². The lowest BCUT2D eigenvalue weighted by Crippen LogP contribution is -2.05. The topological polar surface area (TPSA) is 74.2 Å². The summed E-state index contributed by atoms with van der Waals surface area (Å²) in [5, 5.41) is 4.25. The molecule has 1 aromatic carbocycles. The Hall–Kier alpha value is -1.59. The molecule has 6 heteroatoms. The monoisotopic (exact) mass is 267 g/mol. The molecule has 1 atom stereocenters. The Bertz CT molecular complexity index is 540. The fourth-order valence-electron chi connectivity index (χ4n) is 1.46. The minimum atomic E-state index is -0.0589. The second-order valence-corrected chi connectivity index (χ2v) is 4.40. The lowest BCUT2D eigenvalue weighted by atomic mass is 10.1. The number of ether oxygens (including phenoxy) is 1. The molecule has 96 valence electrons. The normalized spacial score (nSPS) is 12.4. The van der Waals surface area contributed by atoms with Crippen molar-refractivity contribution in [3.05, 3.63) is 40.5 Å².